The minimum absolute atomic E-state index is 0.342. The van der Waals surface area contributed by atoms with E-state index >= 15 is 0 Å². The van der Waals surface area contributed by atoms with E-state index in [2.05, 4.69) is 11.2 Å². The second-order valence-electron chi connectivity index (χ2n) is 4.79. The van der Waals surface area contributed by atoms with Crippen LogP contribution in [0.25, 0.3) is 5.52 Å². The molecular formula is C16H12N4O2. The number of aryl methyl sites for hydroxylation is 1. The smallest absolute Gasteiger partial charge is 0.155 e. The minimum atomic E-state index is 0.342. The Labute approximate surface area is 126 Å². The van der Waals surface area contributed by atoms with Gasteiger partial charge < -0.3 is 10.5 Å². The monoisotopic (exact) mass is 292 g/mol. The molecule has 0 saturated carbocycles. The second-order valence-corrected chi connectivity index (χ2v) is 4.79. The lowest BCUT2D eigenvalue weighted by Crippen LogP contribution is -1.95. The first-order chi connectivity index (χ1) is 10.6. The van der Waals surface area contributed by atoms with Crippen molar-refractivity contribution >= 4 is 17.5 Å². The summed E-state index contributed by atoms with van der Waals surface area (Å²) >= 11 is 0. The van der Waals surface area contributed by atoms with E-state index in [0.717, 1.165) is 11.8 Å². The van der Waals surface area contributed by atoms with E-state index in [0.29, 0.717) is 33.8 Å². The minimum Gasteiger partial charge on any atom is -0.454 e. The number of carbonyl (C=O) groups is 1. The van der Waals surface area contributed by atoms with Gasteiger partial charge in [-0.15, -0.1) is 0 Å². The van der Waals surface area contributed by atoms with E-state index in [1.54, 1.807) is 41.2 Å². The van der Waals surface area contributed by atoms with Gasteiger partial charge in [0.05, 0.1) is 11.8 Å². The fourth-order valence-corrected chi connectivity index (χ4v) is 2.29. The van der Waals surface area contributed by atoms with Crippen molar-refractivity contribution in [3.05, 3.63) is 53.3 Å². The molecule has 0 aliphatic rings. The summed E-state index contributed by atoms with van der Waals surface area (Å²) in [5.41, 5.74) is 8.51. The third kappa shape index (κ3) is 2.15. The average Bonchev–Trinajstić information content (AvgIpc) is 2.86. The number of nitrogens with zero attached hydrogens (tertiary/aromatic N) is 3. The first-order valence-corrected chi connectivity index (χ1v) is 6.53. The number of benzene rings is 1. The molecule has 2 heterocycles. The van der Waals surface area contributed by atoms with Crippen LogP contribution in [0.5, 0.6) is 11.5 Å². The van der Waals surface area contributed by atoms with Crippen LogP contribution in [-0.2, 0) is 0 Å². The molecule has 0 spiro atoms. The van der Waals surface area contributed by atoms with Crippen LogP contribution in [0.2, 0.25) is 0 Å². The Morgan fingerprint density at radius 1 is 1.36 bits per heavy atom. The Morgan fingerprint density at radius 3 is 2.91 bits per heavy atom. The number of rotatable bonds is 3. The molecule has 0 unspecified atom stereocenters. The standard InChI is InChI=1S/C16H12N4O2/c1-10-12(9-21)8-20-16(10)15(4-5-19-20)22-14-3-2-13(18)6-11(14)7-17/h2-6,8-9H,18H2,1H3. The zero-order valence-electron chi connectivity index (χ0n) is 11.8. The summed E-state index contributed by atoms with van der Waals surface area (Å²) in [5.74, 6) is 0.917. The number of nitrogens with two attached hydrogens (primary N) is 1. The van der Waals surface area contributed by atoms with Crippen molar-refractivity contribution in [1.82, 2.24) is 9.61 Å². The van der Waals surface area contributed by atoms with Crippen molar-refractivity contribution in [3.63, 3.8) is 0 Å². The van der Waals surface area contributed by atoms with Gasteiger partial charge in [-0.2, -0.15) is 10.4 Å². The number of nitrogen functional groups attached to an aromatic ring is 1. The van der Waals surface area contributed by atoms with E-state index in [-0.39, 0.29) is 0 Å². The Kier molecular flexibility index (Phi) is 3.24. The molecule has 6 nitrogen and oxygen atoms in total. The zero-order valence-corrected chi connectivity index (χ0v) is 11.8. The fraction of sp³-hybridized carbons (Fsp3) is 0.0625. The second kappa shape index (κ2) is 5.22. The van der Waals surface area contributed by atoms with Crippen molar-refractivity contribution in [2.45, 2.75) is 6.92 Å². The Balaban J connectivity index is 2.14. The lowest BCUT2D eigenvalue weighted by atomic mass is 10.2. The average molecular weight is 292 g/mol. The molecular weight excluding hydrogens is 280 g/mol. The summed E-state index contributed by atoms with van der Waals surface area (Å²) in [4.78, 5) is 11.1. The molecule has 22 heavy (non-hydrogen) atoms. The molecule has 108 valence electrons. The highest BCUT2D eigenvalue weighted by molar-refractivity contribution is 5.84. The number of aldehydes is 1. The van der Waals surface area contributed by atoms with Gasteiger partial charge in [0.25, 0.3) is 0 Å². The molecule has 0 saturated heterocycles. The predicted molar refractivity (Wildman–Crippen MR) is 81.0 cm³/mol. The molecule has 0 bridgehead atoms. The van der Waals surface area contributed by atoms with Gasteiger partial charge in [-0.25, -0.2) is 4.52 Å². The molecule has 0 amide bonds. The summed E-state index contributed by atoms with van der Waals surface area (Å²) < 4.78 is 7.43. The Bertz CT molecular complexity index is 922. The van der Waals surface area contributed by atoms with Crippen molar-refractivity contribution in [1.29, 1.82) is 5.26 Å². The number of nitriles is 1. The van der Waals surface area contributed by atoms with Crippen molar-refractivity contribution < 1.29 is 9.53 Å². The number of hydrogen-bond donors (Lipinski definition) is 1. The summed E-state index contributed by atoms with van der Waals surface area (Å²) in [6.07, 6.45) is 3.98. The largest absolute Gasteiger partial charge is 0.454 e. The SMILES string of the molecule is Cc1c(C=O)cn2nccc(Oc3ccc(N)cc3C#N)c12. The molecule has 0 aliphatic carbocycles. The van der Waals surface area contributed by atoms with Crippen LogP contribution < -0.4 is 10.5 Å². The normalized spacial score (nSPS) is 10.4. The third-order valence-corrected chi connectivity index (χ3v) is 3.40. The van der Waals surface area contributed by atoms with Gasteiger partial charge in [0.1, 0.15) is 17.3 Å². The molecule has 0 fully saturated rings. The molecule has 3 aromatic rings. The fourth-order valence-electron chi connectivity index (χ4n) is 2.29. The molecule has 2 aromatic heterocycles. The predicted octanol–water partition coefficient (Wildman–Crippen LogP) is 2.70. The van der Waals surface area contributed by atoms with E-state index in [9.17, 15) is 10.1 Å². The van der Waals surface area contributed by atoms with Gasteiger partial charge in [-0.3, -0.25) is 4.79 Å². The highest BCUT2D eigenvalue weighted by Crippen LogP contribution is 2.31. The first-order valence-electron chi connectivity index (χ1n) is 6.53. The van der Waals surface area contributed by atoms with E-state index < -0.39 is 0 Å². The molecule has 6 heteroatoms. The van der Waals surface area contributed by atoms with Crippen LogP contribution in [0.1, 0.15) is 21.5 Å². The zero-order chi connectivity index (χ0) is 15.7. The summed E-state index contributed by atoms with van der Waals surface area (Å²) in [5, 5.41) is 13.3. The number of aromatic nitrogens is 2. The van der Waals surface area contributed by atoms with Crippen LogP contribution >= 0.6 is 0 Å². The first kappa shape index (κ1) is 13.6. The summed E-state index contributed by atoms with van der Waals surface area (Å²) in [7, 11) is 0. The number of anilines is 1. The maximum atomic E-state index is 11.1. The van der Waals surface area contributed by atoms with Crippen LogP contribution in [0.3, 0.4) is 0 Å². The number of hydrogen-bond acceptors (Lipinski definition) is 5. The Hall–Kier alpha value is -3.33. The molecule has 0 radical (unpaired) electrons. The topological polar surface area (TPSA) is 93.4 Å². The van der Waals surface area contributed by atoms with Crippen molar-refractivity contribution in [2.75, 3.05) is 5.73 Å². The van der Waals surface area contributed by atoms with Gasteiger partial charge in [0, 0.05) is 23.5 Å². The van der Waals surface area contributed by atoms with Gasteiger partial charge in [0.15, 0.2) is 12.0 Å². The van der Waals surface area contributed by atoms with Crippen LogP contribution in [0, 0.1) is 18.3 Å². The highest BCUT2D eigenvalue weighted by Gasteiger charge is 2.14. The van der Waals surface area contributed by atoms with Gasteiger partial charge >= 0.3 is 0 Å². The maximum Gasteiger partial charge on any atom is 0.155 e. The van der Waals surface area contributed by atoms with Crippen molar-refractivity contribution in [3.8, 4) is 17.6 Å². The van der Waals surface area contributed by atoms with E-state index in [1.807, 2.05) is 6.92 Å². The number of fused-ring (bicyclic) bond motifs is 1. The maximum absolute atomic E-state index is 11.1. The third-order valence-electron chi connectivity index (χ3n) is 3.40. The Morgan fingerprint density at radius 2 is 2.18 bits per heavy atom. The van der Waals surface area contributed by atoms with Crippen LogP contribution in [0.4, 0.5) is 5.69 Å². The number of ether oxygens (including phenoxy) is 1. The molecule has 1 aromatic carbocycles. The highest BCUT2D eigenvalue weighted by atomic mass is 16.5. The number of carbonyl (C=O) groups excluding carboxylic acids is 1. The molecule has 3 rings (SSSR count). The molecule has 2 N–H and O–H groups in total. The van der Waals surface area contributed by atoms with Crippen LogP contribution in [-0.4, -0.2) is 15.9 Å². The summed E-state index contributed by atoms with van der Waals surface area (Å²) in [6.45, 7) is 1.82. The van der Waals surface area contributed by atoms with Gasteiger partial charge in [-0.1, -0.05) is 0 Å². The van der Waals surface area contributed by atoms with Gasteiger partial charge in [-0.05, 0) is 30.7 Å². The van der Waals surface area contributed by atoms with Gasteiger partial charge in [0.2, 0.25) is 0 Å². The van der Waals surface area contributed by atoms with E-state index in [1.165, 1.54) is 0 Å². The van der Waals surface area contributed by atoms with Crippen molar-refractivity contribution in [2.24, 2.45) is 0 Å². The van der Waals surface area contributed by atoms with Crippen LogP contribution in [0.15, 0.2) is 36.7 Å². The van der Waals surface area contributed by atoms with E-state index in [4.69, 9.17) is 10.5 Å². The summed E-state index contributed by atoms with van der Waals surface area (Å²) in [6, 6.07) is 8.60. The lowest BCUT2D eigenvalue weighted by molar-refractivity contribution is 0.112. The quantitative estimate of drug-likeness (QED) is 0.591. The lowest BCUT2D eigenvalue weighted by Gasteiger charge is -2.10. The molecule has 0 atom stereocenters. The molecule has 0 aliphatic heterocycles.